The van der Waals surface area contributed by atoms with Gasteiger partial charge in [-0.1, -0.05) is 0 Å². The highest BCUT2D eigenvalue weighted by Gasteiger charge is 2.37. The van der Waals surface area contributed by atoms with E-state index in [1.165, 1.54) is 12.1 Å². The summed E-state index contributed by atoms with van der Waals surface area (Å²) in [4.78, 5) is 1.67. The highest BCUT2D eigenvalue weighted by molar-refractivity contribution is 5.62. The fraction of sp³-hybridized carbons (Fsp3) is 0.455. The van der Waals surface area contributed by atoms with Crippen LogP contribution in [0.2, 0.25) is 0 Å². The van der Waals surface area contributed by atoms with E-state index in [1.807, 2.05) is 0 Å². The quantitative estimate of drug-likeness (QED) is 0.791. The molecule has 0 saturated heterocycles. The van der Waals surface area contributed by atoms with Gasteiger partial charge in [-0.05, 0) is 31.0 Å². The van der Waals surface area contributed by atoms with Crippen LogP contribution in [0, 0.1) is 0 Å². The second kappa shape index (κ2) is 3.57. The number of anilines is 2. The molecule has 0 amide bonds. The molecule has 88 valence electrons. The van der Waals surface area contributed by atoms with Crippen LogP contribution in [0.1, 0.15) is 18.4 Å². The van der Waals surface area contributed by atoms with Gasteiger partial charge in [0.15, 0.2) is 0 Å². The van der Waals surface area contributed by atoms with E-state index in [0.717, 1.165) is 18.9 Å². The van der Waals surface area contributed by atoms with Gasteiger partial charge in [-0.3, -0.25) is 0 Å². The Bertz CT molecular complexity index is 397. The van der Waals surface area contributed by atoms with Gasteiger partial charge in [0.25, 0.3) is 0 Å². The number of benzene rings is 1. The number of hydrogen-bond acceptors (Lipinski definition) is 2. The summed E-state index contributed by atoms with van der Waals surface area (Å²) in [6.07, 6.45) is -2.43. The highest BCUT2D eigenvalue weighted by Crippen LogP contribution is 2.40. The minimum absolute atomic E-state index is 0.176. The zero-order chi connectivity index (χ0) is 11.9. The lowest BCUT2D eigenvalue weighted by Crippen LogP contribution is -2.23. The maximum atomic E-state index is 12.8. The van der Waals surface area contributed by atoms with Crippen molar-refractivity contribution in [3.05, 3.63) is 23.8 Å². The van der Waals surface area contributed by atoms with Gasteiger partial charge in [-0.15, -0.1) is 0 Å². The number of nitrogens with zero attached hydrogens (tertiary/aromatic N) is 1. The summed E-state index contributed by atoms with van der Waals surface area (Å²) < 4.78 is 38.3. The number of nitrogen functional groups attached to an aromatic ring is 1. The van der Waals surface area contributed by atoms with E-state index in [-0.39, 0.29) is 11.7 Å². The molecule has 1 aromatic carbocycles. The van der Waals surface area contributed by atoms with Crippen LogP contribution in [0.25, 0.3) is 0 Å². The fourth-order valence-corrected chi connectivity index (χ4v) is 1.74. The topological polar surface area (TPSA) is 29.3 Å². The summed E-state index contributed by atoms with van der Waals surface area (Å²) in [7, 11) is 1.68. The van der Waals surface area contributed by atoms with Crippen molar-refractivity contribution in [1.29, 1.82) is 0 Å². The van der Waals surface area contributed by atoms with Gasteiger partial charge < -0.3 is 10.6 Å². The lowest BCUT2D eigenvalue weighted by Gasteiger charge is -2.23. The molecule has 1 aliphatic carbocycles. The molecule has 0 spiro atoms. The third-order valence-electron chi connectivity index (χ3n) is 2.80. The van der Waals surface area contributed by atoms with Gasteiger partial charge in [-0.2, -0.15) is 13.2 Å². The SMILES string of the molecule is CN(c1cc(N)ccc1C(F)(F)F)C1CC1. The highest BCUT2D eigenvalue weighted by atomic mass is 19.4. The van der Waals surface area contributed by atoms with Gasteiger partial charge in [0.2, 0.25) is 0 Å². The standard InChI is InChI=1S/C11H13F3N2/c1-16(8-3-4-8)10-6-7(15)2-5-9(10)11(12,13)14/h2,5-6,8H,3-4,15H2,1H3. The predicted molar refractivity (Wildman–Crippen MR) is 57.3 cm³/mol. The molecular formula is C11H13F3N2. The molecule has 5 heteroatoms. The molecule has 0 atom stereocenters. The number of alkyl halides is 3. The number of nitrogens with two attached hydrogens (primary N) is 1. The van der Waals surface area contributed by atoms with Crippen LogP contribution in [0.15, 0.2) is 18.2 Å². The molecule has 2 N–H and O–H groups in total. The molecule has 0 aromatic heterocycles. The Balaban J connectivity index is 2.43. The van der Waals surface area contributed by atoms with Gasteiger partial charge in [0, 0.05) is 18.8 Å². The zero-order valence-corrected chi connectivity index (χ0v) is 8.88. The first-order chi connectivity index (χ1) is 7.39. The maximum Gasteiger partial charge on any atom is 0.418 e. The van der Waals surface area contributed by atoms with Crippen molar-refractivity contribution >= 4 is 11.4 Å². The zero-order valence-electron chi connectivity index (χ0n) is 8.88. The smallest absolute Gasteiger partial charge is 0.399 e. The van der Waals surface area contributed by atoms with Crippen LogP contribution >= 0.6 is 0 Å². The molecule has 16 heavy (non-hydrogen) atoms. The van der Waals surface area contributed by atoms with Crippen LogP contribution in [0.5, 0.6) is 0 Å². The van der Waals surface area contributed by atoms with Crippen molar-refractivity contribution in [2.45, 2.75) is 25.1 Å². The van der Waals surface area contributed by atoms with Crippen LogP contribution in [0.3, 0.4) is 0 Å². The molecule has 1 aromatic rings. The molecule has 0 aliphatic heterocycles. The fourth-order valence-electron chi connectivity index (χ4n) is 1.74. The van der Waals surface area contributed by atoms with E-state index in [9.17, 15) is 13.2 Å². The van der Waals surface area contributed by atoms with E-state index in [0.29, 0.717) is 5.69 Å². The van der Waals surface area contributed by atoms with Gasteiger partial charge in [0.05, 0.1) is 11.3 Å². The number of halogens is 3. The van der Waals surface area contributed by atoms with Gasteiger partial charge in [-0.25, -0.2) is 0 Å². The van der Waals surface area contributed by atoms with Crippen molar-refractivity contribution in [3.63, 3.8) is 0 Å². The first-order valence-corrected chi connectivity index (χ1v) is 5.09. The van der Waals surface area contributed by atoms with E-state index in [1.54, 1.807) is 11.9 Å². The molecule has 1 fully saturated rings. The summed E-state index contributed by atoms with van der Waals surface area (Å²) in [6, 6.07) is 3.94. The van der Waals surface area contributed by atoms with Crippen LogP contribution < -0.4 is 10.6 Å². The van der Waals surface area contributed by atoms with E-state index in [4.69, 9.17) is 5.73 Å². The van der Waals surface area contributed by atoms with E-state index in [2.05, 4.69) is 0 Å². The van der Waals surface area contributed by atoms with Crippen molar-refractivity contribution < 1.29 is 13.2 Å². The first kappa shape index (κ1) is 11.1. The third kappa shape index (κ3) is 2.08. The molecular weight excluding hydrogens is 217 g/mol. The average Bonchev–Trinajstić information content (AvgIpc) is 2.97. The average molecular weight is 230 g/mol. The summed E-state index contributed by atoms with van der Waals surface area (Å²) in [5.41, 5.74) is 5.45. The van der Waals surface area contributed by atoms with Crippen LogP contribution in [-0.2, 0) is 6.18 Å². The normalized spacial score (nSPS) is 16.2. The van der Waals surface area contributed by atoms with E-state index < -0.39 is 11.7 Å². The second-order valence-electron chi connectivity index (χ2n) is 4.12. The van der Waals surface area contributed by atoms with Gasteiger partial charge >= 0.3 is 6.18 Å². The van der Waals surface area contributed by atoms with Crippen LogP contribution in [-0.4, -0.2) is 13.1 Å². The lowest BCUT2D eigenvalue weighted by molar-refractivity contribution is -0.137. The third-order valence-corrected chi connectivity index (χ3v) is 2.80. The Hall–Kier alpha value is -1.39. The van der Waals surface area contributed by atoms with Gasteiger partial charge in [0.1, 0.15) is 0 Å². The number of hydrogen-bond donors (Lipinski definition) is 1. The van der Waals surface area contributed by atoms with Crippen molar-refractivity contribution in [1.82, 2.24) is 0 Å². The Labute approximate surface area is 91.8 Å². The minimum atomic E-state index is -4.33. The molecule has 0 unspecified atom stereocenters. The molecule has 0 radical (unpaired) electrons. The Morgan fingerprint density at radius 3 is 2.44 bits per heavy atom. The molecule has 2 rings (SSSR count). The Morgan fingerprint density at radius 1 is 1.31 bits per heavy atom. The molecule has 1 saturated carbocycles. The monoisotopic (exact) mass is 230 g/mol. The lowest BCUT2D eigenvalue weighted by atomic mass is 10.1. The van der Waals surface area contributed by atoms with Crippen molar-refractivity contribution in [3.8, 4) is 0 Å². The maximum absolute atomic E-state index is 12.8. The first-order valence-electron chi connectivity index (χ1n) is 5.09. The largest absolute Gasteiger partial charge is 0.418 e. The summed E-state index contributed by atoms with van der Waals surface area (Å²) in [5.74, 6) is 0. The molecule has 0 bridgehead atoms. The summed E-state index contributed by atoms with van der Waals surface area (Å²) >= 11 is 0. The van der Waals surface area contributed by atoms with Crippen molar-refractivity contribution in [2.75, 3.05) is 17.7 Å². The molecule has 0 heterocycles. The Morgan fingerprint density at radius 2 is 1.94 bits per heavy atom. The minimum Gasteiger partial charge on any atom is -0.399 e. The summed E-state index contributed by atoms with van der Waals surface area (Å²) in [5, 5.41) is 0. The predicted octanol–water partition coefficient (Wildman–Crippen LogP) is 2.89. The Kier molecular flexibility index (Phi) is 2.48. The molecule has 2 nitrogen and oxygen atoms in total. The number of rotatable bonds is 2. The molecule has 1 aliphatic rings. The summed E-state index contributed by atoms with van der Waals surface area (Å²) in [6.45, 7) is 0. The van der Waals surface area contributed by atoms with Crippen LogP contribution in [0.4, 0.5) is 24.5 Å². The second-order valence-corrected chi connectivity index (χ2v) is 4.12. The van der Waals surface area contributed by atoms with Crippen molar-refractivity contribution in [2.24, 2.45) is 0 Å². The van der Waals surface area contributed by atoms with E-state index >= 15 is 0 Å².